The number of halogens is 2. The Kier molecular flexibility index (Phi) is 5.27. The molecule has 0 fully saturated rings. The van der Waals surface area contributed by atoms with Gasteiger partial charge in [-0.05, 0) is 53.3 Å². The molecule has 0 aliphatic heterocycles. The second kappa shape index (κ2) is 6.79. The molecule has 1 unspecified atom stereocenters. The molecule has 1 atom stereocenters. The quantitative estimate of drug-likeness (QED) is 0.535. The number of aromatic hydroxyl groups is 1. The van der Waals surface area contributed by atoms with E-state index < -0.39 is 5.54 Å². The normalized spacial score (nSPS) is 13.5. The van der Waals surface area contributed by atoms with Gasteiger partial charge >= 0.3 is 0 Å². The van der Waals surface area contributed by atoms with Crippen molar-refractivity contribution >= 4 is 44.4 Å². The maximum absolute atomic E-state index is 12.5. The monoisotopic (exact) mass is 459 g/mol. The summed E-state index contributed by atoms with van der Waals surface area (Å²) in [6.07, 6.45) is 0. The topological polar surface area (TPSA) is 49.3 Å². The summed E-state index contributed by atoms with van der Waals surface area (Å²) in [5.74, 6) is -0.310. The number of alkyl halides is 1. The molecule has 0 radical (unpaired) electrons. The van der Waals surface area contributed by atoms with Gasteiger partial charge in [0.2, 0.25) is 0 Å². The number of amides is 1. The first kappa shape index (κ1) is 16.3. The van der Waals surface area contributed by atoms with E-state index in [0.717, 1.165) is 9.13 Å². The lowest BCUT2D eigenvalue weighted by atomic mass is 9.94. The van der Waals surface area contributed by atoms with E-state index in [2.05, 4.69) is 43.8 Å². The van der Waals surface area contributed by atoms with Crippen LogP contribution in [0.2, 0.25) is 0 Å². The SMILES string of the molecule is CC(CBr)(NC(=O)c1cc(I)ccc1O)c1ccccc1. The molecule has 2 N–H and O–H groups in total. The van der Waals surface area contributed by atoms with Crippen molar-refractivity contribution in [1.82, 2.24) is 5.32 Å². The largest absolute Gasteiger partial charge is 0.507 e. The predicted molar refractivity (Wildman–Crippen MR) is 95.9 cm³/mol. The Hall–Kier alpha value is -1.08. The Morgan fingerprint density at radius 3 is 2.57 bits per heavy atom. The van der Waals surface area contributed by atoms with E-state index in [-0.39, 0.29) is 17.2 Å². The van der Waals surface area contributed by atoms with Gasteiger partial charge in [0.15, 0.2) is 0 Å². The van der Waals surface area contributed by atoms with Crippen LogP contribution in [0.15, 0.2) is 48.5 Å². The average Bonchev–Trinajstić information content (AvgIpc) is 2.50. The number of phenolic OH excluding ortho intramolecular Hbond substituents is 1. The van der Waals surface area contributed by atoms with Crippen molar-refractivity contribution in [3.05, 3.63) is 63.2 Å². The molecule has 3 nitrogen and oxygen atoms in total. The van der Waals surface area contributed by atoms with Crippen molar-refractivity contribution in [2.24, 2.45) is 0 Å². The third kappa shape index (κ3) is 3.77. The highest BCUT2D eigenvalue weighted by Crippen LogP contribution is 2.25. The molecular formula is C16H15BrINO2. The van der Waals surface area contributed by atoms with Gasteiger partial charge in [-0.25, -0.2) is 0 Å². The fourth-order valence-corrected chi connectivity index (χ4v) is 2.95. The van der Waals surface area contributed by atoms with Crippen molar-refractivity contribution < 1.29 is 9.90 Å². The van der Waals surface area contributed by atoms with Crippen molar-refractivity contribution in [3.63, 3.8) is 0 Å². The minimum Gasteiger partial charge on any atom is -0.507 e. The van der Waals surface area contributed by atoms with Gasteiger partial charge in [-0.2, -0.15) is 0 Å². The van der Waals surface area contributed by atoms with E-state index in [1.807, 2.05) is 37.3 Å². The smallest absolute Gasteiger partial charge is 0.255 e. The van der Waals surface area contributed by atoms with Gasteiger partial charge in [0.05, 0.1) is 11.1 Å². The highest BCUT2D eigenvalue weighted by molar-refractivity contribution is 14.1. The zero-order valence-electron chi connectivity index (χ0n) is 11.4. The standard InChI is InChI=1S/C16H15BrINO2/c1-16(10-17,11-5-3-2-4-6-11)19-15(21)13-9-12(18)7-8-14(13)20/h2-9,20H,10H2,1H3,(H,19,21). The summed E-state index contributed by atoms with van der Waals surface area (Å²) in [5, 5.41) is 13.4. The molecule has 2 rings (SSSR count). The first-order valence-electron chi connectivity index (χ1n) is 6.39. The van der Waals surface area contributed by atoms with Gasteiger partial charge in [-0.1, -0.05) is 46.3 Å². The van der Waals surface area contributed by atoms with Crippen LogP contribution in [-0.2, 0) is 5.54 Å². The Bertz CT molecular complexity index is 648. The van der Waals surface area contributed by atoms with Crippen LogP contribution in [-0.4, -0.2) is 16.3 Å². The van der Waals surface area contributed by atoms with Crippen molar-refractivity contribution in [3.8, 4) is 5.75 Å². The highest BCUT2D eigenvalue weighted by Gasteiger charge is 2.28. The Morgan fingerprint density at radius 1 is 1.29 bits per heavy atom. The van der Waals surface area contributed by atoms with Crippen LogP contribution in [0.5, 0.6) is 5.75 Å². The van der Waals surface area contributed by atoms with E-state index in [4.69, 9.17) is 0 Å². The second-order valence-corrected chi connectivity index (χ2v) is 6.75. The third-order valence-electron chi connectivity index (χ3n) is 3.27. The molecule has 0 spiro atoms. The Labute approximate surface area is 146 Å². The maximum Gasteiger partial charge on any atom is 0.255 e. The lowest BCUT2D eigenvalue weighted by Gasteiger charge is -2.29. The summed E-state index contributed by atoms with van der Waals surface area (Å²) in [7, 11) is 0. The fraction of sp³-hybridized carbons (Fsp3) is 0.188. The molecule has 21 heavy (non-hydrogen) atoms. The third-order valence-corrected chi connectivity index (χ3v) is 5.06. The molecule has 0 aliphatic rings. The van der Waals surface area contributed by atoms with Gasteiger partial charge in [0.25, 0.3) is 5.91 Å². The molecule has 5 heteroatoms. The summed E-state index contributed by atoms with van der Waals surface area (Å²) >= 11 is 5.58. The van der Waals surface area contributed by atoms with Gasteiger partial charge < -0.3 is 10.4 Å². The van der Waals surface area contributed by atoms with E-state index in [0.29, 0.717) is 5.33 Å². The molecule has 0 saturated heterocycles. The summed E-state index contributed by atoms with van der Waals surface area (Å²) < 4.78 is 0.899. The number of hydrogen-bond donors (Lipinski definition) is 2. The molecule has 0 heterocycles. The molecule has 0 saturated carbocycles. The predicted octanol–water partition coefficient (Wildman–Crippen LogP) is 4.04. The number of carbonyl (C=O) groups excluding carboxylic acids is 1. The van der Waals surface area contributed by atoms with Crippen LogP contribution in [0.4, 0.5) is 0 Å². The van der Waals surface area contributed by atoms with Crippen LogP contribution in [0.3, 0.4) is 0 Å². The first-order chi connectivity index (χ1) is 9.96. The van der Waals surface area contributed by atoms with Crippen molar-refractivity contribution in [2.45, 2.75) is 12.5 Å². The van der Waals surface area contributed by atoms with Crippen molar-refractivity contribution in [1.29, 1.82) is 0 Å². The first-order valence-corrected chi connectivity index (χ1v) is 8.59. The van der Waals surface area contributed by atoms with Gasteiger partial charge in [0.1, 0.15) is 5.75 Å². The minimum absolute atomic E-state index is 0.0158. The summed E-state index contributed by atoms with van der Waals surface area (Å²) in [6, 6.07) is 14.7. The van der Waals surface area contributed by atoms with Crippen LogP contribution in [0.1, 0.15) is 22.8 Å². The van der Waals surface area contributed by atoms with Gasteiger partial charge in [0, 0.05) is 8.90 Å². The summed E-state index contributed by atoms with van der Waals surface area (Å²) in [4.78, 5) is 12.5. The molecule has 0 bridgehead atoms. The lowest BCUT2D eigenvalue weighted by Crippen LogP contribution is -2.45. The molecule has 2 aromatic carbocycles. The zero-order chi connectivity index (χ0) is 15.5. The van der Waals surface area contributed by atoms with Crippen LogP contribution < -0.4 is 5.32 Å². The van der Waals surface area contributed by atoms with E-state index in [9.17, 15) is 9.90 Å². The van der Waals surface area contributed by atoms with Crippen LogP contribution in [0.25, 0.3) is 0 Å². The van der Waals surface area contributed by atoms with E-state index in [1.165, 1.54) is 6.07 Å². The minimum atomic E-state index is -0.550. The molecular weight excluding hydrogens is 445 g/mol. The Balaban J connectivity index is 2.30. The van der Waals surface area contributed by atoms with Gasteiger partial charge in [-0.3, -0.25) is 4.79 Å². The second-order valence-electron chi connectivity index (χ2n) is 4.95. The average molecular weight is 460 g/mol. The maximum atomic E-state index is 12.5. The van der Waals surface area contributed by atoms with Crippen LogP contribution >= 0.6 is 38.5 Å². The summed E-state index contributed by atoms with van der Waals surface area (Å²) in [5.41, 5.74) is 0.733. The summed E-state index contributed by atoms with van der Waals surface area (Å²) in [6.45, 7) is 1.94. The Morgan fingerprint density at radius 2 is 1.95 bits per heavy atom. The number of rotatable bonds is 4. The van der Waals surface area contributed by atoms with E-state index >= 15 is 0 Å². The number of nitrogens with one attached hydrogen (secondary N) is 1. The zero-order valence-corrected chi connectivity index (χ0v) is 15.2. The fourth-order valence-electron chi connectivity index (χ4n) is 2.00. The molecule has 2 aromatic rings. The molecule has 1 amide bonds. The molecule has 110 valence electrons. The molecule has 0 aliphatic carbocycles. The van der Waals surface area contributed by atoms with Crippen molar-refractivity contribution in [2.75, 3.05) is 5.33 Å². The number of carbonyl (C=O) groups is 1. The van der Waals surface area contributed by atoms with Gasteiger partial charge in [-0.15, -0.1) is 0 Å². The molecule has 0 aromatic heterocycles. The van der Waals surface area contributed by atoms with Crippen LogP contribution in [0, 0.1) is 3.57 Å². The highest BCUT2D eigenvalue weighted by atomic mass is 127. The lowest BCUT2D eigenvalue weighted by molar-refractivity contribution is 0.0911. The number of phenols is 1. The van der Waals surface area contributed by atoms with E-state index in [1.54, 1.807) is 12.1 Å². The number of hydrogen-bond acceptors (Lipinski definition) is 2. The number of benzene rings is 2.